The zero-order chi connectivity index (χ0) is 8.43. The number of hydrogen-bond donors (Lipinski definition) is 0. The van der Waals surface area contributed by atoms with Gasteiger partial charge in [-0.05, 0) is 0 Å². The molecule has 0 fully saturated rings. The molecule has 0 unspecified atom stereocenters. The summed E-state index contributed by atoms with van der Waals surface area (Å²) < 4.78 is 1.42. The Labute approximate surface area is 73.9 Å². The molecule has 0 saturated heterocycles. The van der Waals surface area contributed by atoms with Crippen LogP contribution in [0.1, 0.15) is 16.1 Å². The van der Waals surface area contributed by atoms with Crippen LogP contribution in [0.4, 0.5) is 0 Å². The predicted octanol–water partition coefficient (Wildman–Crippen LogP) is 1.62. The van der Waals surface area contributed by atoms with Crippen LogP contribution in [0.5, 0.6) is 0 Å². The second kappa shape index (κ2) is 3.24. The Bertz CT molecular complexity index is 282. The minimum absolute atomic E-state index is 0.203. The first-order valence-electron chi connectivity index (χ1n) is 2.93. The van der Waals surface area contributed by atoms with Gasteiger partial charge in [0, 0.05) is 7.05 Å². The molecule has 1 aromatic rings. The van der Waals surface area contributed by atoms with E-state index in [-0.39, 0.29) is 5.88 Å². The van der Waals surface area contributed by atoms with Crippen LogP contribution in [0.3, 0.4) is 0 Å². The van der Waals surface area contributed by atoms with Crippen LogP contribution in [-0.4, -0.2) is 16.1 Å². The maximum atomic E-state index is 10.4. The topological polar surface area (TPSA) is 34.9 Å². The van der Waals surface area contributed by atoms with E-state index in [4.69, 9.17) is 23.2 Å². The Morgan fingerprint density at radius 1 is 1.73 bits per heavy atom. The third-order valence-electron chi connectivity index (χ3n) is 1.33. The summed E-state index contributed by atoms with van der Waals surface area (Å²) in [5.41, 5.74) is 0.901. The number of nitrogens with zero attached hydrogens (tertiary/aromatic N) is 2. The molecule has 0 spiro atoms. The Balaban J connectivity index is 3.26. The van der Waals surface area contributed by atoms with Gasteiger partial charge in [0.05, 0.1) is 17.1 Å². The van der Waals surface area contributed by atoms with Crippen molar-refractivity contribution < 1.29 is 4.79 Å². The summed E-state index contributed by atoms with van der Waals surface area (Å²) in [6.45, 7) is 0. The number of aldehydes is 1. The maximum absolute atomic E-state index is 10.4. The van der Waals surface area contributed by atoms with Crippen molar-refractivity contribution >= 4 is 29.5 Å². The molecule has 0 N–H and O–H groups in total. The van der Waals surface area contributed by atoms with E-state index < -0.39 is 0 Å². The molecule has 0 aliphatic carbocycles. The largest absolute Gasteiger partial charge is 0.298 e. The lowest BCUT2D eigenvalue weighted by molar-refractivity contribution is 0.112. The van der Waals surface area contributed by atoms with E-state index in [0.717, 1.165) is 0 Å². The molecule has 11 heavy (non-hydrogen) atoms. The van der Waals surface area contributed by atoms with Crippen molar-refractivity contribution in [1.82, 2.24) is 9.78 Å². The van der Waals surface area contributed by atoms with E-state index in [1.165, 1.54) is 4.68 Å². The molecule has 0 aliphatic rings. The molecule has 1 rings (SSSR count). The Kier molecular flexibility index (Phi) is 2.52. The van der Waals surface area contributed by atoms with Crippen molar-refractivity contribution in [3.63, 3.8) is 0 Å². The molecular formula is C6H6Cl2N2O. The lowest BCUT2D eigenvalue weighted by Gasteiger charge is -1.87. The predicted molar refractivity (Wildman–Crippen MR) is 43.2 cm³/mol. The van der Waals surface area contributed by atoms with E-state index in [0.29, 0.717) is 22.7 Å². The quantitative estimate of drug-likeness (QED) is 0.528. The number of aromatic nitrogens is 2. The summed E-state index contributed by atoms with van der Waals surface area (Å²) in [4.78, 5) is 10.4. The number of alkyl halides is 1. The highest BCUT2D eigenvalue weighted by atomic mass is 35.5. The van der Waals surface area contributed by atoms with Crippen LogP contribution >= 0.6 is 23.2 Å². The Morgan fingerprint density at radius 3 is 2.73 bits per heavy atom. The van der Waals surface area contributed by atoms with Crippen LogP contribution in [0.15, 0.2) is 0 Å². The molecule has 0 atom stereocenters. The van der Waals surface area contributed by atoms with Crippen molar-refractivity contribution in [3.8, 4) is 0 Å². The van der Waals surface area contributed by atoms with E-state index in [1.807, 2.05) is 0 Å². The van der Waals surface area contributed by atoms with Gasteiger partial charge in [-0.1, -0.05) is 11.6 Å². The highest BCUT2D eigenvalue weighted by Gasteiger charge is 2.11. The van der Waals surface area contributed by atoms with Gasteiger partial charge >= 0.3 is 0 Å². The average Bonchev–Trinajstić information content (AvgIpc) is 2.28. The van der Waals surface area contributed by atoms with Crippen molar-refractivity contribution in [3.05, 3.63) is 16.4 Å². The normalized spacial score (nSPS) is 10.1. The maximum Gasteiger partial charge on any atom is 0.155 e. The van der Waals surface area contributed by atoms with Gasteiger partial charge < -0.3 is 0 Å². The van der Waals surface area contributed by atoms with Gasteiger partial charge in [0.15, 0.2) is 6.29 Å². The van der Waals surface area contributed by atoms with Crippen molar-refractivity contribution in [1.29, 1.82) is 0 Å². The molecule has 1 aromatic heterocycles. The van der Waals surface area contributed by atoms with Gasteiger partial charge in [-0.15, -0.1) is 11.6 Å². The second-order valence-corrected chi connectivity index (χ2v) is 2.65. The van der Waals surface area contributed by atoms with Gasteiger partial charge in [0.2, 0.25) is 0 Å². The van der Waals surface area contributed by atoms with Crippen molar-refractivity contribution in [2.24, 2.45) is 7.05 Å². The molecule has 1 heterocycles. The Hall–Kier alpha value is -0.540. The van der Waals surface area contributed by atoms with Crippen LogP contribution in [0, 0.1) is 0 Å². The minimum Gasteiger partial charge on any atom is -0.298 e. The standard InChI is InChI=1S/C6H6Cl2N2O/c1-10-6(8)4(3-11)5(2-7)9-10/h3H,2H2,1H3. The third-order valence-corrected chi connectivity index (χ3v) is 2.03. The summed E-state index contributed by atoms with van der Waals surface area (Å²) in [7, 11) is 1.66. The lowest BCUT2D eigenvalue weighted by atomic mass is 10.3. The zero-order valence-electron chi connectivity index (χ0n) is 5.84. The van der Waals surface area contributed by atoms with Crippen LogP contribution in [0.25, 0.3) is 0 Å². The van der Waals surface area contributed by atoms with Crippen LogP contribution < -0.4 is 0 Å². The highest BCUT2D eigenvalue weighted by molar-refractivity contribution is 6.32. The molecule has 0 radical (unpaired) electrons. The Morgan fingerprint density at radius 2 is 2.36 bits per heavy atom. The number of halogens is 2. The first kappa shape index (κ1) is 8.56. The average molecular weight is 193 g/mol. The molecular weight excluding hydrogens is 187 g/mol. The van der Waals surface area contributed by atoms with Crippen molar-refractivity contribution in [2.75, 3.05) is 0 Å². The third kappa shape index (κ3) is 1.39. The molecule has 0 amide bonds. The molecule has 0 saturated carbocycles. The molecule has 60 valence electrons. The van der Waals surface area contributed by atoms with Crippen LogP contribution in [0.2, 0.25) is 5.15 Å². The minimum atomic E-state index is 0.203. The fourth-order valence-electron chi connectivity index (χ4n) is 0.788. The molecule has 0 aromatic carbocycles. The summed E-state index contributed by atoms with van der Waals surface area (Å²) in [6.07, 6.45) is 0.660. The van der Waals surface area contributed by atoms with Crippen LogP contribution in [-0.2, 0) is 12.9 Å². The van der Waals surface area contributed by atoms with Gasteiger partial charge in [-0.25, -0.2) is 0 Å². The fourth-order valence-corrected chi connectivity index (χ4v) is 1.18. The fraction of sp³-hybridized carbons (Fsp3) is 0.333. The first-order chi connectivity index (χ1) is 5.20. The number of rotatable bonds is 2. The smallest absolute Gasteiger partial charge is 0.155 e. The van der Waals surface area contributed by atoms with E-state index in [2.05, 4.69) is 5.10 Å². The highest BCUT2D eigenvalue weighted by Crippen LogP contribution is 2.17. The second-order valence-electron chi connectivity index (χ2n) is 2.03. The van der Waals surface area contributed by atoms with Gasteiger partial charge in [-0.2, -0.15) is 5.10 Å². The zero-order valence-corrected chi connectivity index (χ0v) is 7.35. The number of hydrogen-bond acceptors (Lipinski definition) is 2. The molecule has 3 nitrogen and oxygen atoms in total. The summed E-state index contributed by atoms with van der Waals surface area (Å²) in [5, 5.41) is 4.25. The van der Waals surface area contributed by atoms with E-state index in [9.17, 15) is 4.79 Å². The van der Waals surface area contributed by atoms with Gasteiger partial charge in [0.25, 0.3) is 0 Å². The first-order valence-corrected chi connectivity index (χ1v) is 3.84. The summed E-state index contributed by atoms with van der Waals surface area (Å²) >= 11 is 11.2. The summed E-state index contributed by atoms with van der Waals surface area (Å²) in [5.74, 6) is 0.203. The number of carbonyl (C=O) groups excluding carboxylic acids is 1. The van der Waals surface area contributed by atoms with E-state index >= 15 is 0 Å². The van der Waals surface area contributed by atoms with Gasteiger partial charge in [0.1, 0.15) is 5.15 Å². The molecule has 5 heteroatoms. The van der Waals surface area contributed by atoms with E-state index in [1.54, 1.807) is 7.05 Å². The monoisotopic (exact) mass is 192 g/mol. The molecule has 0 bridgehead atoms. The lowest BCUT2D eigenvalue weighted by Crippen LogP contribution is -1.89. The summed E-state index contributed by atoms with van der Waals surface area (Å²) in [6, 6.07) is 0. The van der Waals surface area contributed by atoms with Gasteiger partial charge in [-0.3, -0.25) is 9.48 Å². The van der Waals surface area contributed by atoms with Crippen molar-refractivity contribution in [2.45, 2.75) is 5.88 Å². The SMILES string of the molecule is Cn1nc(CCl)c(C=O)c1Cl. The molecule has 0 aliphatic heterocycles. The number of aryl methyl sites for hydroxylation is 1. The number of carbonyl (C=O) groups is 1.